The highest BCUT2D eigenvalue weighted by molar-refractivity contribution is 5.80. The fourth-order valence-corrected chi connectivity index (χ4v) is 2.17. The molecule has 0 unspecified atom stereocenters. The number of rotatable bonds is 5. The van der Waals surface area contributed by atoms with Crippen molar-refractivity contribution in [2.45, 2.75) is 32.0 Å². The largest absolute Gasteiger partial charge is 0.389 e. The van der Waals surface area contributed by atoms with Crippen molar-refractivity contribution in [3.05, 3.63) is 30.1 Å². The Morgan fingerprint density at radius 3 is 2.79 bits per heavy atom. The summed E-state index contributed by atoms with van der Waals surface area (Å²) in [5, 5.41) is 0.972. The van der Waals surface area contributed by atoms with Crippen molar-refractivity contribution < 1.29 is 13.2 Å². The van der Waals surface area contributed by atoms with Crippen LogP contribution >= 0.6 is 0 Å². The molecule has 0 amide bonds. The Balaban J connectivity index is 2.18. The summed E-state index contributed by atoms with van der Waals surface area (Å²) in [6.45, 7) is 0.828. The van der Waals surface area contributed by atoms with Gasteiger partial charge in [-0.3, -0.25) is 0 Å². The number of hydrogen-bond acceptors (Lipinski definition) is 2. The highest BCUT2D eigenvalue weighted by Gasteiger charge is 2.26. The number of aryl methyl sites for hydroxylation is 1. The van der Waals surface area contributed by atoms with Gasteiger partial charge in [-0.25, -0.2) is 4.98 Å². The number of alkyl halides is 3. The molecule has 0 aliphatic carbocycles. The van der Waals surface area contributed by atoms with Crippen LogP contribution in [0.25, 0.3) is 11.0 Å². The van der Waals surface area contributed by atoms with Crippen LogP contribution in [0.2, 0.25) is 0 Å². The van der Waals surface area contributed by atoms with Gasteiger partial charge in [0, 0.05) is 30.7 Å². The second-order valence-corrected chi connectivity index (χ2v) is 4.48. The van der Waals surface area contributed by atoms with Crippen LogP contribution in [-0.2, 0) is 13.0 Å². The van der Waals surface area contributed by atoms with Crippen LogP contribution in [0.3, 0.4) is 0 Å². The predicted molar refractivity (Wildman–Crippen MR) is 67.8 cm³/mol. The molecule has 0 radical (unpaired) electrons. The molecule has 2 aromatic rings. The van der Waals surface area contributed by atoms with E-state index in [1.54, 1.807) is 10.8 Å². The Labute approximate surface area is 109 Å². The minimum absolute atomic E-state index is 0.0614. The maximum Gasteiger partial charge on any atom is 0.389 e. The van der Waals surface area contributed by atoms with Crippen molar-refractivity contribution in [3.8, 4) is 0 Å². The molecule has 0 spiro atoms. The number of hydrogen-bond donors (Lipinski definition) is 1. The van der Waals surface area contributed by atoms with Crippen molar-refractivity contribution in [2.24, 2.45) is 5.73 Å². The quantitative estimate of drug-likeness (QED) is 0.908. The smallest absolute Gasteiger partial charge is 0.332 e. The van der Waals surface area contributed by atoms with E-state index in [2.05, 4.69) is 4.98 Å². The van der Waals surface area contributed by atoms with Gasteiger partial charge in [-0.1, -0.05) is 0 Å². The predicted octanol–water partition coefficient (Wildman–Crippen LogP) is 2.88. The van der Waals surface area contributed by atoms with E-state index in [9.17, 15) is 13.2 Å². The molecule has 2 heterocycles. The second-order valence-electron chi connectivity index (χ2n) is 4.48. The van der Waals surface area contributed by atoms with Crippen molar-refractivity contribution in [1.82, 2.24) is 9.55 Å². The topological polar surface area (TPSA) is 43.8 Å². The number of fused-ring (bicyclic) bond motifs is 1. The van der Waals surface area contributed by atoms with Gasteiger partial charge in [-0.2, -0.15) is 13.2 Å². The molecule has 3 nitrogen and oxygen atoms in total. The summed E-state index contributed by atoms with van der Waals surface area (Å²) in [4.78, 5) is 4.24. The van der Waals surface area contributed by atoms with Gasteiger partial charge in [0.05, 0.1) is 0 Å². The Morgan fingerprint density at radius 1 is 1.32 bits per heavy atom. The average molecular weight is 271 g/mol. The van der Waals surface area contributed by atoms with Gasteiger partial charge in [0.2, 0.25) is 0 Å². The van der Waals surface area contributed by atoms with Crippen molar-refractivity contribution in [2.75, 3.05) is 6.54 Å². The zero-order chi connectivity index (χ0) is 13.9. The van der Waals surface area contributed by atoms with E-state index < -0.39 is 12.6 Å². The van der Waals surface area contributed by atoms with Gasteiger partial charge >= 0.3 is 6.18 Å². The number of nitrogens with two attached hydrogens (primary N) is 1. The van der Waals surface area contributed by atoms with Crippen LogP contribution in [-0.4, -0.2) is 22.3 Å². The zero-order valence-electron chi connectivity index (χ0n) is 10.5. The molecule has 0 fully saturated rings. The van der Waals surface area contributed by atoms with Gasteiger partial charge in [0.25, 0.3) is 0 Å². The zero-order valence-corrected chi connectivity index (χ0v) is 10.5. The third kappa shape index (κ3) is 3.47. The monoisotopic (exact) mass is 271 g/mol. The molecule has 0 aliphatic heterocycles. The molecular weight excluding hydrogens is 255 g/mol. The lowest BCUT2D eigenvalue weighted by Gasteiger charge is -2.07. The molecule has 2 N–H and O–H groups in total. The third-order valence-corrected chi connectivity index (χ3v) is 2.99. The first-order valence-corrected chi connectivity index (χ1v) is 6.21. The molecule has 19 heavy (non-hydrogen) atoms. The van der Waals surface area contributed by atoms with Crippen LogP contribution in [0.5, 0.6) is 0 Å². The van der Waals surface area contributed by atoms with Crippen LogP contribution in [0.1, 0.15) is 18.4 Å². The molecule has 6 heteroatoms. The van der Waals surface area contributed by atoms with Crippen LogP contribution in [0.4, 0.5) is 13.2 Å². The minimum atomic E-state index is -4.10. The molecule has 0 aromatic carbocycles. The molecule has 0 saturated heterocycles. The molecule has 2 rings (SSSR count). The van der Waals surface area contributed by atoms with E-state index in [-0.39, 0.29) is 6.42 Å². The molecule has 2 aromatic heterocycles. The number of pyridine rings is 1. The summed E-state index contributed by atoms with van der Waals surface area (Å²) in [6, 6.07) is 3.75. The van der Waals surface area contributed by atoms with Crippen LogP contribution in [0, 0.1) is 0 Å². The lowest BCUT2D eigenvalue weighted by atomic mass is 10.2. The van der Waals surface area contributed by atoms with Gasteiger partial charge < -0.3 is 10.3 Å². The summed E-state index contributed by atoms with van der Waals surface area (Å²) >= 11 is 0. The van der Waals surface area contributed by atoms with Crippen molar-refractivity contribution in [3.63, 3.8) is 0 Å². The van der Waals surface area contributed by atoms with Crippen molar-refractivity contribution >= 4 is 11.0 Å². The van der Waals surface area contributed by atoms with E-state index in [0.717, 1.165) is 16.6 Å². The summed E-state index contributed by atoms with van der Waals surface area (Å²) < 4.78 is 38.3. The van der Waals surface area contributed by atoms with Gasteiger partial charge in [-0.15, -0.1) is 0 Å². The number of aromatic nitrogens is 2. The highest BCUT2D eigenvalue weighted by Crippen LogP contribution is 2.24. The summed E-state index contributed by atoms with van der Waals surface area (Å²) in [6.07, 6.45) is -0.599. The van der Waals surface area contributed by atoms with Crippen LogP contribution < -0.4 is 5.73 Å². The number of nitrogens with zero attached hydrogens (tertiary/aromatic N) is 2. The van der Waals surface area contributed by atoms with E-state index in [1.807, 2.05) is 18.3 Å². The summed E-state index contributed by atoms with van der Waals surface area (Å²) in [5.74, 6) is 0. The minimum Gasteiger partial charge on any atom is -0.332 e. The molecule has 0 atom stereocenters. The maximum atomic E-state index is 12.2. The Morgan fingerprint density at radius 2 is 2.11 bits per heavy atom. The molecule has 0 aliphatic rings. The van der Waals surface area contributed by atoms with Gasteiger partial charge in [-0.05, 0) is 37.1 Å². The SMILES string of the molecule is NCCc1cn(CCCC(F)(F)F)c2ncccc12. The lowest BCUT2D eigenvalue weighted by molar-refractivity contribution is -0.135. The molecular formula is C13H16F3N3. The second kappa shape index (κ2) is 5.61. The first-order chi connectivity index (χ1) is 9.01. The maximum absolute atomic E-state index is 12.2. The standard InChI is InChI=1S/C13H16F3N3/c14-13(15,16)5-2-8-19-9-10(4-6-17)11-3-1-7-18-12(11)19/h1,3,7,9H,2,4-6,8,17H2. The highest BCUT2D eigenvalue weighted by atomic mass is 19.4. The Hall–Kier alpha value is -1.56. The molecule has 0 saturated carbocycles. The van der Waals surface area contributed by atoms with E-state index in [4.69, 9.17) is 5.73 Å². The fourth-order valence-electron chi connectivity index (χ4n) is 2.17. The Bertz CT molecular complexity index is 546. The number of halogens is 3. The van der Waals surface area contributed by atoms with E-state index in [1.165, 1.54) is 0 Å². The summed E-state index contributed by atoms with van der Waals surface area (Å²) in [5.41, 5.74) is 7.31. The van der Waals surface area contributed by atoms with Crippen LogP contribution in [0.15, 0.2) is 24.5 Å². The van der Waals surface area contributed by atoms with Gasteiger partial charge in [0.15, 0.2) is 0 Å². The average Bonchev–Trinajstić information content (AvgIpc) is 2.68. The lowest BCUT2D eigenvalue weighted by Crippen LogP contribution is -2.09. The van der Waals surface area contributed by atoms with Gasteiger partial charge in [0.1, 0.15) is 5.65 Å². The summed E-state index contributed by atoms with van der Waals surface area (Å²) in [7, 11) is 0. The fraction of sp³-hybridized carbons (Fsp3) is 0.462. The molecule has 0 bridgehead atoms. The Kier molecular flexibility index (Phi) is 4.09. The first kappa shape index (κ1) is 13.9. The third-order valence-electron chi connectivity index (χ3n) is 2.99. The van der Waals surface area contributed by atoms with E-state index in [0.29, 0.717) is 19.5 Å². The molecule has 104 valence electrons. The first-order valence-electron chi connectivity index (χ1n) is 6.21. The van der Waals surface area contributed by atoms with E-state index >= 15 is 0 Å². The van der Waals surface area contributed by atoms with Crippen molar-refractivity contribution in [1.29, 1.82) is 0 Å². The normalized spacial score (nSPS) is 12.2.